The first-order valence-electron chi connectivity index (χ1n) is 9.98. The highest BCUT2D eigenvalue weighted by Gasteiger charge is 2.35. The van der Waals surface area contributed by atoms with E-state index in [9.17, 15) is 35.9 Å². The molecule has 3 N–H and O–H groups in total. The minimum Gasteiger partial charge on any atom is -0.456 e. The molecule has 0 aliphatic heterocycles. The monoisotopic (exact) mass is 513 g/mol. The molecule has 0 aliphatic rings. The van der Waals surface area contributed by atoms with Crippen molar-refractivity contribution in [3.8, 4) is 17.2 Å². The second-order valence-electron chi connectivity index (χ2n) is 7.43. The number of rotatable bonds is 6. The number of pyridine rings is 1. The van der Waals surface area contributed by atoms with Crippen LogP contribution in [0.4, 0.5) is 32.0 Å². The van der Waals surface area contributed by atoms with E-state index in [1.807, 2.05) is 0 Å². The van der Waals surface area contributed by atoms with Gasteiger partial charge in [0.2, 0.25) is 0 Å². The first kappa shape index (κ1) is 26.3. The lowest BCUT2D eigenvalue weighted by Gasteiger charge is -2.19. The Hall–Kier alpha value is -4.29. The summed E-state index contributed by atoms with van der Waals surface area (Å²) in [5.41, 5.74) is 3.09. The van der Waals surface area contributed by atoms with Crippen molar-refractivity contribution in [2.75, 3.05) is 5.32 Å². The van der Waals surface area contributed by atoms with Crippen LogP contribution in [-0.2, 0) is 6.18 Å². The fourth-order valence-electron chi connectivity index (χ4n) is 3.25. The number of hydrogen-bond acceptors (Lipinski definition) is 5. The molecule has 0 saturated heterocycles. The average molecular weight is 513 g/mol. The van der Waals surface area contributed by atoms with Crippen LogP contribution in [0.1, 0.15) is 37.5 Å². The molecule has 7 nitrogen and oxygen atoms in total. The second kappa shape index (κ2) is 9.76. The van der Waals surface area contributed by atoms with Crippen LogP contribution in [0.3, 0.4) is 0 Å². The molecule has 2 amide bonds. The van der Waals surface area contributed by atoms with Gasteiger partial charge in [-0.3, -0.25) is 14.6 Å². The molecule has 0 unspecified atom stereocenters. The minimum absolute atomic E-state index is 0.0244. The number of ether oxygens (including phenoxy) is 2. The maximum absolute atomic E-state index is 13.5. The molecular weight excluding hydrogens is 496 g/mol. The van der Waals surface area contributed by atoms with Gasteiger partial charge in [-0.1, -0.05) is 0 Å². The highest BCUT2D eigenvalue weighted by atomic mass is 19.4. The third-order valence-electron chi connectivity index (χ3n) is 4.83. The van der Waals surface area contributed by atoms with Crippen molar-refractivity contribution in [2.24, 2.45) is 5.73 Å². The number of anilines is 1. The highest BCUT2D eigenvalue weighted by molar-refractivity contribution is 6.08. The Labute approximate surface area is 199 Å². The number of nitrogens with two attached hydrogens (primary N) is 1. The molecule has 0 spiro atoms. The summed E-state index contributed by atoms with van der Waals surface area (Å²) in [6.45, 7) is 2.46. The lowest BCUT2D eigenvalue weighted by molar-refractivity contribution is -0.274. The molecule has 3 aromatic rings. The summed E-state index contributed by atoms with van der Waals surface area (Å²) in [5, 5.41) is 2.37. The summed E-state index contributed by atoms with van der Waals surface area (Å²) in [7, 11) is 0. The normalized spacial score (nSPS) is 11.7. The van der Waals surface area contributed by atoms with E-state index in [1.54, 1.807) is 0 Å². The molecule has 190 valence electrons. The van der Waals surface area contributed by atoms with Crippen molar-refractivity contribution in [1.29, 1.82) is 0 Å². The SMILES string of the molecule is Cc1cc(OC(F)(F)F)ccc1Oc1ccc(C(F)(F)F)c(C)c1C(=O)Nc1ccnc(C(N)=O)c1. The van der Waals surface area contributed by atoms with Crippen LogP contribution in [0, 0.1) is 13.8 Å². The Balaban J connectivity index is 2.02. The number of carbonyl (C=O) groups excluding carboxylic acids is 2. The van der Waals surface area contributed by atoms with E-state index in [1.165, 1.54) is 19.2 Å². The number of benzene rings is 2. The molecule has 1 heterocycles. The smallest absolute Gasteiger partial charge is 0.456 e. The van der Waals surface area contributed by atoms with Crippen LogP contribution in [0.15, 0.2) is 48.7 Å². The fraction of sp³-hybridized carbons (Fsp3) is 0.174. The molecule has 13 heteroatoms. The zero-order chi connectivity index (χ0) is 26.8. The van der Waals surface area contributed by atoms with E-state index in [0.29, 0.717) is 0 Å². The molecule has 0 saturated carbocycles. The predicted molar refractivity (Wildman–Crippen MR) is 115 cm³/mol. The maximum Gasteiger partial charge on any atom is 0.573 e. The zero-order valence-corrected chi connectivity index (χ0v) is 18.5. The molecule has 0 radical (unpaired) electrons. The predicted octanol–water partition coefficient (Wildman–Crippen LogP) is 5.76. The number of nitrogens with one attached hydrogen (secondary N) is 1. The van der Waals surface area contributed by atoms with Gasteiger partial charge in [-0.2, -0.15) is 13.2 Å². The van der Waals surface area contributed by atoms with E-state index in [2.05, 4.69) is 15.0 Å². The lowest BCUT2D eigenvalue weighted by Crippen LogP contribution is -2.19. The summed E-state index contributed by atoms with van der Waals surface area (Å²) >= 11 is 0. The second-order valence-corrected chi connectivity index (χ2v) is 7.43. The van der Waals surface area contributed by atoms with E-state index in [4.69, 9.17) is 10.5 Å². The Morgan fingerprint density at radius 2 is 1.61 bits per heavy atom. The molecular formula is C23H17F6N3O4. The van der Waals surface area contributed by atoms with Crippen molar-refractivity contribution in [2.45, 2.75) is 26.4 Å². The van der Waals surface area contributed by atoms with Crippen LogP contribution >= 0.6 is 0 Å². The van der Waals surface area contributed by atoms with Gasteiger partial charge in [0, 0.05) is 11.9 Å². The number of hydrogen-bond donors (Lipinski definition) is 2. The maximum atomic E-state index is 13.5. The molecule has 0 aliphatic carbocycles. The van der Waals surface area contributed by atoms with Gasteiger partial charge in [0.05, 0.1) is 11.1 Å². The van der Waals surface area contributed by atoms with Gasteiger partial charge < -0.3 is 20.5 Å². The van der Waals surface area contributed by atoms with Crippen molar-refractivity contribution in [1.82, 2.24) is 4.98 Å². The average Bonchev–Trinajstić information content (AvgIpc) is 2.73. The van der Waals surface area contributed by atoms with Crippen molar-refractivity contribution in [3.05, 3.63) is 76.6 Å². The molecule has 2 aromatic carbocycles. The number of alkyl halides is 6. The molecule has 0 atom stereocenters. The molecule has 36 heavy (non-hydrogen) atoms. The van der Waals surface area contributed by atoms with Gasteiger partial charge in [0.15, 0.2) is 0 Å². The number of carbonyl (C=O) groups is 2. The van der Waals surface area contributed by atoms with E-state index in [-0.39, 0.29) is 28.4 Å². The van der Waals surface area contributed by atoms with Gasteiger partial charge in [-0.15, -0.1) is 13.2 Å². The molecule has 3 rings (SSSR count). The molecule has 0 bridgehead atoms. The Morgan fingerprint density at radius 3 is 2.19 bits per heavy atom. The number of aryl methyl sites for hydroxylation is 1. The third-order valence-corrected chi connectivity index (χ3v) is 4.83. The number of nitrogens with zero attached hydrogens (tertiary/aromatic N) is 1. The van der Waals surface area contributed by atoms with Gasteiger partial charge in [-0.05, 0) is 67.4 Å². The highest BCUT2D eigenvalue weighted by Crippen LogP contribution is 2.39. The summed E-state index contributed by atoms with van der Waals surface area (Å²) in [5.74, 6) is -2.76. The van der Waals surface area contributed by atoms with Crippen LogP contribution < -0.4 is 20.5 Å². The Kier molecular flexibility index (Phi) is 7.13. The first-order valence-corrected chi connectivity index (χ1v) is 9.98. The van der Waals surface area contributed by atoms with Crippen molar-refractivity contribution in [3.63, 3.8) is 0 Å². The van der Waals surface area contributed by atoms with Gasteiger partial charge >= 0.3 is 12.5 Å². The van der Waals surface area contributed by atoms with Crippen molar-refractivity contribution < 1.29 is 45.4 Å². The number of halogens is 6. The van der Waals surface area contributed by atoms with Crippen LogP contribution in [0.2, 0.25) is 0 Å². The Morgan fingerprint density at radius 1 is 0.944 bits per heavy atom. The fourth-order valence-corrected chi connectivity index (χ4v) is 3.25. The van der Waals surface area contributed by atoms with Crippen LogP contribution in [0.25, 0.3) is 0 Å². The summed E-state index contributed by atoms with van der Waals surface area (Å²) in [6, 6.07) is 7.15. The van der Waals surface area contributed by atoms with Gasteiger partial charge in [0.1, 0.15) is 22.9 Å². The van der Waals surface area contributed by atoms with Crippen LogP contribution in [-0.4, -0.2) is 23.2 Å². The molecule has 0 fully saturated rings. The summed E-state index contributed by atoms with van der Waals surface area (Å²) < 4.78 is 87.5. The van der Waals surface area contributed by atoms with E-state index >= 15 is 0 Å². The summed E-state index contributed by atoms with van der Waals surface area (Å²) in [4.78, 5) is 28.1. The Bertz CT molecular complexity index is 1320. The lowest BCUT2D eigenvalue weighted by atomic mass is 9.99. The zero-order valence-electron chi connectivity index (χ0n) is 18.5. The number of amides is 2. The first-order chi connectivity index (χ1) is 16.7. The van der Waals surface area contributed by atoms with E-state index < -0.39 is 46.8 Å². The topological polar surface area (TPSA) is 104 Å². The number of primary amides is 1. The third kappa shape index (κ3) is 6.23. The standard InChI is InChI=1S/C23H17F6N3O4/c1-11-9-14(36-23(27,28)29)3-5-17(11)35-18-6-4-15(22(24,25)26)12(2)19(18)21(34)32-13-7-8-31-16(10-13)20(30)33/h3-10H,1-2H3,(H2,30,33)(H,31,32,34). The largest absolute Gasteiger partial charge is 0.573 e. The quantitative estimate of drug-likeness (QED) is 0.408. The molecule has 1 aromatic heterocycles. The van der Waals surface area contributed by atoms with Crippen molar-refractivity contribution >= 4 is 17.5 Å². The summed E-state index contributed by atoms with van der Waals surface area (Å²) in [6.07, 6.45) is -8.55. The minimum atomic E-state index is -4.92. The van der Waals surface area contributed by atoms with Crippen LogP contribution in [0.5, 0.6) is 17.2 Å². The van der Waals surface area contributed by atoms with E-state index in [0.717, 1.165) is 43.3 Å². The number of aromatic nitrogens is 1. The van der Waals surface area contributed by atoms with Gasteiger partial charge in [-0.25, -0.2) is 0 Å². The van der Waals surface area contributed by atoms with Gasteiger partial charge in [0.25, 0.3) is 11.8 Å².